The first kappa shape index (κ1) is 11.4. The fourth-order valence-electron chi connectivity index (χ4n) is 0.911. The SMILES string of the molecule is C=C(C)Oc1ccc(OC(F)(F)F)cc1. The summed E-state index contributed by atoms with van der Waals surface area (Å²) < 4.78 is 44.1. The zero-order valence-electron chi connectivity index (χ0n) is 7.97. The van der Waals surface area contributed by atoms with Crippen molar-refractivity contribution in [3.05, 3.63) is 36.6 Å². The van der Waals surface area contributed by atoms with Crippen molar-refractivity contribution < 1.29 is 22.6 Å². The Hall–Kier alpha value is -1.65. The minimum Gasteiger partial charge on any atom is -0.463 e. The molecule has 0 saturated carbocycles. The van der Waals surface area contributed by atoms with E-state index in [1.807, 2.05) is 0 Å². The van der Waals surface area contributed by atoms with Crippen LogP contribution in [-0.2, 0) is 0 Å². The standard InChI is InChI=1S/C10H9F3O2/c1-7(2)14-8-3-5-9(6-4-8)15-10(11,12)13/h3-6H,1H2,2H3. The highest BCUT2D eigenvalue weighted by Crippen LogP contribution is 2.25. The first-order valence-corrected chi connectivity index (χ1v) is 4.06. The molecule has 0 fully saturated rings. The minimum absolute atomic E-state index is 0.281. The van der Waals surface area contributed by atoms with Gasteiger partial charge in [-0.1, -0.05) is 6.58 Å². The van der Waals surface area contributed by atoms with Gasteiger partial charge in [0.2, 0.25) is 0 Å². The number of allylic oxidation sites excluding steroid dienone is 1. The summed E-state index contributed by atoms with van der Waals surface area (Å²) in [6.07, 6.45) is -4.67. The number of rotatable bonds is 3. The van der Waals surface area contributed by atoms with Crippen LogP contribution in [0.1, 0.15) is 6.92 Å². The summed E-state index contributed by atoms with van der Waals surface area (Å²) in [5.41, 5.74) is 0. The van der Waals surface area contributed by atoms with E-state index >= 15 is 0 Å². The predicted molar refractivity (Wildman–Crippen MR) is 48.6 cm³/mol. The normalized spacial score (nSPS) is 10.9. The maximum Gasteiger partial charge on any atom is 0.573 e. The Kier molecular flexibility index (Phi) is 3.24. The summed E-state index contributed by atoms with van der Waals surface area (Å²) in [6.45, 7) is 5.14. The second-order valence-electron chi connectivity index (χ2n) is 2.82. The van der Waals surface area contributed by atoms with E-state index in [1.54, 1.807) is 6.92 Å². The molecule has 0 amide bonds. The lowest BCUT2D eigenvalue weighted by atomic mass is 10.3. The Balaban J connectivity index is 2.68. The molecule has 0 aliphatic rings. The van der Waals surface area contributed by atoms with Crippen LogP contribution in [0.3, 0.4) is 0 Å². The molecule has 0 aromatic heterocycles. The molecule has 0 heterocycles. The molecule has 0 N–H and O–H groups in total. The summed E-state index contributed by atoms with van der Waals surface area (Å²) in [5, 5.41) is 0. The molecule has 0 saturated heterocycles. The van der Waals surface area contributed by atoms with Crippen LogP contribution < -0.4 is 9.47 Å². The van der Waals surface area contributed by atoms with Gasteiger partial charge in [0, 0.05) is 0 Å². The van der Waals surface area contributed by atoms with Gasteiger partial charge in [-0.2, -0.15) is 0 Å². The first-order valence-electron chi connectivity index (χ1n) is 4.06. The number of hydrogen-bond acceptors (Lipinski definition) is 2. The van der Waals surface area contributed by atoms with Gasteiger partial charge in [0.25, 0.3) is 0 Å². The minimum atomic E-state index is -4.67. The van der Waals surface area contributed by atoms with Gasteiger partial charge < -0.3 is 9.47 Å². The van der Waals surface area contributed by atoms with Gasteiger partial charge >= 0.3 is 6.36 Å². The van der Waals surface area contributed by atoms with Crippen LogP contribution in [0.4, 0.5) is 13.2 Å². The molecule has 0 bridgehead atoms. The highest BCUT2D eigenvalue weighted by atomic mass is 19.4. The zero-order chi connectivity index (χ0) is 11.5. The second kappa shape index (κ2) is 4.25. The van der Waals surface area contributed by atoms with Crippen molar-refractivity contribution >= 4 is 0 Å². The molecule has 15 heavy (non-hydrogen) atoms. The van der Waals surface area contributed by atoms with Crippen LogP contribution in [-0.4, -0.2) is 6.36 Å². The largest absolute Gasteiger partial charge is 0.573 e. The average Bonchev–Trinajstić information content (AvgIpc) is 2.05. The number of halogens is 3. The van der Waals surface area contributed by atoms with E-state index in [4.69, 9.17) is 4.74 Å². The lowest BCUT2D eigenvalue weighted by Gasteiger charge is -2.09. The maximum absolute atomic E-state index is 11.8. The summed E-state index contributed by atoms with van der Waals surface area (Å²) >= 11 is 0. The molecule has 1 aromatic rings. The summed E-state index contributed by atoms with van der Waals surface area (Å²) in [4.78, 5) is 0. The Bertz CT molecular complexity index is 341. The van der Waals surface area contributed by atoms with E-state index < -0.39 is 6.36 Å². The third-order valence-corrected chi connectivity index (χ3v) is 1.35. The highest BCUT2D eigenvalue weighted by molar-refractivity contribution is 5.32. The van der Waals surface area contributed by atoms with Gasteiger partial charge in [-0.25, -0.2) is 0 Å². The highest BCUT2D eigenvalue weighted by Gasteiger charge is 2.30. The van der Waals surface area contributed by atoms with E-state index in [2.05, 4.69) is 11.3 Å². The fourth-order valence-corrected chi connectivity index (χ4v) is 0.911. The first-order chi connectivity index (χ1) is 6.87. The lowest BCUT2D eigenvalue weighted by molar-refractivity contribution is -0.274. The second-order valence-corrected chi connectivity index (χ2v) is 2.82. The van der Waals surface area contributed by atoms with Crippen molar-refractivity contribution in [2.75, 3.05) is 0 Å². The van der Waals surface area contributed by atoms with Gasteiger partial charge in [-0.3, -0.25) is 0 Å². The average molecular weight is 218 g/mol. The molecular weight excluding hydrogens is 209 g/mol. The van der Waals surface area contributed by atoms with E-state index in [-0.39, 0.29) is 5.75 Å². The summed E-state index contributed by atoms with van der Waals surface area (Å²) in [5.74, 6) is 0.591. The van der Waals surface area contributed by atoms with Crippen LogP contribution in [0.15, 0.2) is 36.6 Å². The molecule has 0 unspecified atom stereocenters. The quantitative estimate of drug-likeness (QED) is 0.723. The molecule has 0 spiro atoms. The fraction of sp³-hybridized carbons (Fsp3) is 0.200. The molecule has 2 nitrogen and oxygen atoms in total. The van der Waals surface area contributed by atoms with Crippen LogP contribution >= 0.6 is 0 Å². The zero-order valence-corrected chi connectivity index (χ0v) is 7.97. The van der Waals surface area contributed by atoms with E-state index in [0.29, 0.717) is 11.5 Å². The van der Waals surface area contributed by atoms with Gasteiger partial charge in [0.15, 0.2) is 0 Å². The Morgan fingerprint density at radius 1 is 1.13 bits per heavy atom. The summed E-state index contributed by atoms with van der Waals surface area (Å²) in [7, 11) is 0. The molecule has 0 aliphatic heterocycles. The molecule has 1 aromatic carbocycles. The van der Waals surface area contributed by atoms with Gasteiger partial charge in [-0.15, -0.1) is 13.2 Å². The van der Waals surface area contributed by atoms with Crippen molar-refractivity contribution in [2.45, 2.75) is 13.3 Å². The molecule has 0 radical (unpaired) electrons. The van der Waals surface area contributed by atoms with E-state index in [1.165, 1.54) is 24.3 Å². The lowest BCUT2D eigenvalue weighted by Crippen LogP contribution is -2.16. The Labute approximate surface area is 84.9 Å². The predicted octanol–water partition coefficient (Wildman–Crippen LogP) is 3.50. The molecule has 0 aliphatic carbocycles. The van der Waals surface area contributed by atoms with Crippen LogP contribution in [0.25, 0.3) is 0 Å². The van der Waals surface area contributed by atoms with Crippen LogP contribution in [0.2, 0.25) is 0 Å². The number of alkyl halides is 3. The Morgan fingerprint density at radius 2 is 1.60 bits per heavy atom. The molecule has 82 valence electrons. The van der Waals surface area contributed by atoms with Crippen LogP contribution in [0, 0.1) is 0 Å². The third kappa shape index (κ3) is 4.39. The van der Waals surface area contributed by atoms with Gasteiger partial charge in [-0.05, 0) is 31.2 Å². The smallest absolute Gasteiger partial charge is 0.463 e. The number of hydrogen-bond donors (Lipinski definition) is 0. The van der Waals surface area contributed by atoms with Crippen molar-refractivity contribution in [1.29, 1.82) is 0 Å². The molecule has 0 atom stereocenters. The van der Waals surface area contributed by atoms with Gasteiger partial charge in [0.05, 0.1) is 5.76 Å². The molecular formula is C10H9F3O2. The third-order valence-electron chi connectivity index (χ3n) is 1.35. The molecule has 5 heteroatoms. The van der Waals surface area contributed by atoms with Crippen LogP contribution in [0.5, 0.6) is 11.5 Å². The topological polar surface area (TPSA) is 18.5 Å². The Morgan fingerprint density at radius 3 is 2.00 bits per heavy atom. The van der Waals surface area contributed by atoms with Crippen molar-refractivity contribution in [1.82, 2.24) is 0 Å². The van der Waals surface area contributed by atoms with E-state index in [9.17, 15) is 13.2 Å². The van der Waals surface area contributed by atoms with E-state index in [0.717, 1.165) is 0 Å². The summed E-state index contributed by atoms with van der Waals surface area (Å²) in [6, 6.07) is 5.09. The molecule has 1 rings (SSSR count). The maximum atomic E-state index is 11.8. The van der Waals surface area contributed by atoms with Crippen molar-refractivity contribution in [3.8, 4) is 11.5 Å². The monoisotopic (exact) mass is 218 g/mol. The number of ether oxygens (including phenoxy) is 2. The van der Waals surface area contributed by atoms with Crippen molar-refractivity contribution in [2.24, 2.45) is 0 Å². The number of benzene rings is 1. The van der Waals surface area contributed by atoms with Gasteiger partial charge in [0.1, 0.15) is 11.5 Å². The van der Waals surface area contributed by atoms with Crippen molar-refractivity contribution in [3.63, 3.8) is 0 Å².